The molecule has 9 N–H and O–H groups in total. The van der Waals surface area contributed by atoms with Crippen molar-refractivity contribution in [3.63, 3.8) is 0 Å². The van der Waals surface area contributed by atoms with Crippen molar-refractivity contribution < 1.29 is 71.4 Å². The van der Waals surface area contributed by atoms with Crippen molar-refractivity contribution in [1.82, 2.24) is 19.1 Å². The molecule has 26 heteroatoms. The van der Waals surface area contributed by atoms with Crippen molar-refractivity contribution in [2.24, 2.45) is 0 Å². The highest BCUT2D eigenvalue weighted by Gasteiger charge is 2.47. The van der Waals surface area contributed by atoms with Crippen LogP contribution in [0.5, 0.6) is 0 Å². The molecule has 2 aromatic heterocycles. The van der Waals surface area contributed by atoms with E-state index in [1.165, 1.54) is 0 Å². The molecule has 0 amide bonds. The molecule has 0 radical (unpaired) electrons. The Balaban J connectivity index is 1.28. The average molecular weight is 694 g/mol. The Morgan fingerprint density at radius 3 is 1.68 bits per heavy atom. The van der Waals surface area contributed by atoms with Crippen molar-refractivity contribution in [3.05, 3.63) is 66.2 Å². The van der Waals surface area contributed by atoms with Crippen molar-refractivity contribution in [2.45, 2.75) is 49.1 Å². The van der Waals surface area contributed by atoms with Crippen LogP contribution >= 0.6 is 24.2 Å². The number of rotatable bonds is 12. The number of hydrogen-bond acceptors (Lipinski definition) is 17. The molecule has 0 aromatic carbocycles. The SMILES string of the molecule is O=c1ccn([C@@H]2O[C@H](CO[P@](O)OP(=O)(O)OP(=O)(O)OC[C@H]3O[C@@H](n4ccc(=O)[nH]c4=O)[C@H](O)[C@@H]3O)[C@@H](O)[C@H]2O)c(=O)[nH]1. The van der Waals surface area contributed by atoms with E-state index in [0.717, 1.165) is 29.1 Å². The summed E-state index contributed by atoms with van der Waals surface area (Å²) in [4.78, 5) is 79.6. The van der Waals surface area contributed by atoms with Gasteiger partial charge >= 0.3 is 35.6 Å². The highest BCUT2D eigenvalue weighted by Crippen LogP contribution is 2.65. The third-order valence-electron chi connectivity index (χ3n) is 6.06. The molecule has 2 saturated heterocycles. The van der Waals surface area contributed by atoms with Gasteiger partial charge in [-0.1, -0.05) is 0 Å². The normalized spacial score (nSPS) is 32.2. The van der Waals surface area contributed by atoms with Crippen LogP contribution in [-0.2, 0) is 36.3 Å². The van der Waals surface area contributed by atoms with Gasteiger partial charge in [-0.15, -0.1) is 0 Å². The molecule has 246 valence electrons. The van der Waals surface area contributed by atoms with Gasteiger partial charge in [0.25, 0.3) is 11.1 Å². The number of aromatic nitrogens is 4. The molecular weight excluding hydrogens is 669 g/mol. The van der Waals surface area contributed by atoms with E-state index in [4.69, 9.17) is 14.0 Å². The first-order chi connectivity index (χ1) is 20.5. The van der Waals surface area contributed by atoms with Crippen LogP contribution in [0.1, 0.15) is 12.5 Å². The molecule has 4 rings (SSSR count). The minimum Gasteiger partial charge on any atom is -0.387 e. The molecule has 11 atom stereocenters. The largest absolute Gasteiger partial charge is 0.487 e. The van der Waals surface area contributed by atoms with E-state index in [1.54, 1.807) is 0 Å². The number of nitrogens with zero attached hydrogens (tertiary/aromatic N) is 2. The second-order valence-corrected chi connectivity index (χ2v) is 13.2. The van der Waals surface area contributed by atoms with Crippen LogP contribution in [0, 0.1) is 0 Å². The number of ether oxygens (including phenoxy) is 2. The predicted octanol–water partition coefficient (Wildman–Crippen LogP) is -4.19. The molecule has 44 heavy (non-hydrogen) atoms. The maximum absolute atomic E-state index is 12.2. The first-order valence-electron chi connectivity index (χ1n) is 12.0. The number of aliphatic hydroxyl groups excluding tert-OH is 4. The van der Waals surface area contributed by atoms with Gasteiger partial charge in [-0.2, -0.15) is 4.31 Å². The van der Waals surface area contributed by atoms with Gasteiger partial charge < -0.3 is 49.1 Å². The number of aromatic amines is 2. The molecular formula is C18H25N4O19P3. The number of H-pyrrole nitrogens is 2. The summed E-state index contributed by atoms with van der Waals surface area (Å²) in [5.41, 5.74) is -3.50. The maximum atomic E-state index is 12.2. The summed E-state index contributed by atoms with van der Waals surface area (Å²) < 4.78 is 54.0. The van der Waals surface area contributed by atoms with Crippen LogP contribution < -0.4 is 22.5 Å². The van der Waals surface area contributed by atoms with Gasteiger partial charge in [0, 0.05) is 24.5 Å². The summed E-state index contributed by atoms with van der Waals surface area (Å²) in [5, 5.41) is 40.7. The lowest BCUT2D eigenvalue weighted by molar-refractivity contribution is -0.0544. The second kappa shape index (κ2) is 13.6. The minimum absolute atomic E-state index is 0.712. The van der Waals surface area contributed by atoms with E-state index < -0.39 is 109 Å². The molecule has 2 aliphatic heterocycles. The first kappa shape index (κ1) is 34.6. The zero-order chi connectivity index (χ0) is 32.6. The van der Waals surface area contributed by atoms with Gasteiger partial charge in [0.1, 0.15) is 36.6 Å². The summed E-state index contributed by atoms with van der Waals surface area (Å²) >= 11 is 0. The number of nitrogens with one attached hydrogen (secondary N) is 2. The molecule has 0 bridgehead atoms. The van der Waals surface area contributed by atoms with Gasteiger partial charge in [0.2, 0.25) is 0 Å². The standard InChI is InChI=1S/C18H25N4O19P3/c23-9-1-3-21(17(29)19-9)15-13(27)11(25)7(38-15)5-36-42(31)40-44(34,35)41-43(32,33)37-6-8-12(26)14(28)16(39-8)22-4-2-10(24)20-18(22)30/h1-4,7-8,11-16,25-28,31H,5-6H2,(H,32,33)(H,34,35)(H,19,23,29)(H,20,24,30)/t7-,8-,11-,12-,13-,14-,15-,16-,42+/m1/s1. The highest BCUT2D eigenvalue weighted by atomic mass is 31.3. The quantitative estimate of drug-likeness (QED) is 0.0951. The zero-order valence-electron chi connectivity index (χ0n) is 21.6. The first-order valence-corrected chi connectivity index (χ1v) is 16.1. The number of hydrogen-bond donors (Lipinski definition) is 9. The van der Waals surface area contributed by atoms with E-state index in [0.29, 0.717) is 4.57 Å². The van der Waals surface area contributed by atoms with Gasteiger partial charge in [-0.3, -0.25) is 33.2 Å². The van der Waals surface area contributed by atoms with Gasteiger partial charge in [0.15, 0.2) is 12.5 Å². The maximum Gasteiger partial charge on any atom is 0.487 e. The summed E-state index contributed by atoms with van der Waals surface area (Å²) in [6, 6.07) is 1.86. The molecule has 2 aromatic rings. The molecule has 0 aliphatic carbocycles. The lowest BCUT2D eigenvalue weighted by Gasteiger charge is -2.20. The Morgan fingerprint density at radius 2 is 1.23 bits per heavy atom. The zero-order valence-corrected chi connectivity index (χ0v) is 24.3. The van der Waals surface area contributed by atoms with E-state index in [2.05, 4.69) is 13.1 Å². The molecule has 0 spiro atoms. The molecule has 2 fully saturated rings. The minimum atomic E-state index is -5.64. The van der Waals surface area contributed by atoms with Crippen LogP contribution in [0.3, 0.4) is 0 Å². The summed E-state index contributed by atoms with van der Waals surface area (Å²) in [6.07, 6.45) is -11.2. The molecule has 0 saturated carbocycles. The van der Waals surface area contributed by atoms with Crippen LogP contribution in [0.2, 0.25) is 0 Å². The fraction of sp³-hybridized carbons (Fsp3) is 0.556. The molecule has 23 nitrogen and oxygen atoms in total. The topological polar surface area (TPSA) is 341 Å². The Bertz CT molecular complexity index is 1660. The summed E-state index contributed by atoms with van der Waals surface area (Å²) in [6.45, 7) is -1.87. The fourth-order valence-corrected chi connectivity index (χ4v) is 7.16. The monoisotopic (exact) mass is 694 g/mol. The van der Waals surface area contributed by atoms with Crippen LogP contribution in [0.4, 0.5) is 0 Å². The van der Waals surface area contributed by atoms with Gasteiger partial charge in [-0.25, -0.2) is 23.0 Å². The van der Waals surface area contributed by atoms with Gasteiger partial charge in [-0.05, 0) is 0 Å². The van der Waals surface area contributed by atoms with E-state index in [9.17, 15) is 63.4 Å². The van der Waals surface area contributed by atoms with Crippen molar-refractivity contribution in [3.8, 4) is 0 Å². The Hall–Kier alpha value is -2.27. The number of phosphoric ester groups is 1. The van der Waals surface area contributed by atoms with E-state index in [1.807, 2.05) is 9.97 Å². The Kier molecular flexibility index (Phi) is 10.7. The van der Waals surface area contributed by atoms with Crippen LogP contribution in [0.15, 0.2) is 43.7 Å². The summed E-state index contributed by atoms with van der Waals surface area (Å²) in [5.74, 6) is 0. The third kappa shape index (κ3) is 8.11. The van der Waals surface area contributed by atoms with E-state index >= 15 is 0 Å². The van der Waals surface area contributed by atoms with E-state index in [-0.39, 0.29) is 0 Å². The van der Waals surface area contributed by atoms with Crippen LogP contribution in [-0.4, -0.2) is 104 Å². The average Bonchev–Trinajstić information content (AvgIpc) is 3.35. The smallest absolute Gasteiger partial charge is 0.387 e. The fourth-order valence-electron chi connectivity index (χ4n) is 4.03. The lowest BCUT2D eigenvalue weighted by Crippen LogP contribution is -2.37. The van der Waals surface area contributed by atoms with Gasteiger partial charge in [0.05, 0.1) is 13.2 Å². The van der Waals surface area contributed by atoms with Crippen LogP contribution in [0.25, 0.3) is 0 Å². The number of phosphoric acid groups is 2. The second-order valence-electron chi connectivity index (χ2n) is 9.06. The number of aliphatic hydroxyl groups is 4. The van der Waals surface area contributed by atoms with Crippen molar-refractivity contribution in [2.75, 3.05) is 13.2 Å². The highest BCUT2D eigenvalue weighted by molar-refractivity contribution is 7.65. The Morgan fingerprint density at radius 1 is 0.773 bits per heavy atom. The molecule has 4 heterocycles. The molecule has 2 unspecified atom stereocenters. The van der Waals surface area contributed by atoms with Crippen molar-refractivity contribution in [1.29, 1.82) is 0 Å². The third-order valence-corrected chi connectivity index (χ3v) is 9.94. The Labute approximate surface area is 243 Å². The predicted molar refractivity (Wildman–Crippen MR) is 137 cm³/mol. The lowest BCUT2D eigenvalue weighted by atomic mass is 10.1. The summed E-state index contributed by atoms with van der Waals surface area (Å²) in [7, 11) is -14.5. The van der Waals surface area contributed by atoms with Crippen molar-refractivity contribution >= 4 is 24.2 Å². The molecule has 2 aliphatic rings.